The van der Waals surface area contributed by atoms with Crippen LogP contribution in [0, 0.1) is 0 Å². The van der Waals surface area contributed by atoms with E-state index in [1.165, 1.54) is 6.07 Å². The third-order valence-electron chi connectivity index (χ3n) is 2.29. The summed E-state index contributed by atoms with van der Waals surface area (Å²) < 4.78 is 50.0. The van der Waals surface area contributed by atoms with Crippen LogP contribution in [0.2, 0.25) is 0 Å². The molecule has 1 nitrogen and oxygen atoms in total. The van der Waals surface area contributed by atoms with E-state index in [1.807, 2.05) is 20.8 Å². The predicted octanol–water partition coefficient (Wildman–Crippen LogP) is 3.98. The van der Waals surface area contributed by atoms with Crippen molar-refractivity contribution in [3.8, 4) is 0 Å². The predicted molar refractivity (Wildman–Crippen MR) is 58.9 cm³/mol. The van der Waals surface area contributed by atoms with Gasteiger partial charge in [-0.3, -0.25) is 0 Å². The molecule has 0 aliphatic carbocycles. The maximum atomic E-state index is 12.9. The second kappa shape index (κ2) is 4.57. The first kappa shape index (κ1) is 14.4. The average molecular weight is 270 g/mol. The van der Waals surface area contributed by atoms with Gasteiger partial charge in [-0.25, -0.2) is 8.78 Å². The maximum Gasteiger partial charge on any atom is 0.337 e. The molecular weight excluding hydrogens is 256 g/mol. The lowest BCUT2D eigenvalue weighted by atomic mass is 9.95. The summed E-state index contributed by atoms with van der Waals surface area (Å²) in [7, 11) is 0. The molecule has 6 heteroatoms. The van der Waals surface area contributed by atoms with Crippen molar-refractivity contribution in [1.29, 1.82) is 0 Å². The molecule has 1 aromatic rings. The van der Waals surface area contributed by atoms with Crippen LogP contribution in [0.15, 0.2) is 12.1 Å². The molecule has 0 radical (unpaired) electrons. The SMILES string of the molecule is CC(C)(C)c1ccc(C(O)C(F)(F)C(F)F)s1. The lowest BCUT2D eigenvalue weighted by Gasteiger charge is -2.21. The summed E-state index contributed by atoms with van der Waals surface area (Å²) in [6.45, 7) is 5.63. The van der Waals surface area contributed by atoms with Crippen molar-refractivity contribution in [2.75, 3.05) is 0 Å². The van der Waals surface area contributed by atoms with Gasteiger partial charge in [0.05, 0.1) is 0 Å². The van der Waals surface area contributed by atoms with Gasteiger partial charge in [0.1, 0.15) is 0 Å². The van der Waals surface area contributed by atoms with Gasteiger partial charge in [0, 0.05) is 9.75 Å². The van der Waals surface area contributed by atoms with E-state index in [2.05, 4.69) is 0 Å². The fraction of sp³-hybridized carbons (Fsp3) is 0.636. The molecular formula is C11H14F4OS. The van der Waals surface area contributed by atoms with Gasteiger partial charge in [0.2, 0.25) is 0 Å². The van der Waals surface area contributed by atoms with Gasteiger partial charge >= 0.3 is 12.3 Å². The van der Waals surface area contributed by atoms with Gasteiger partial charge in [-0.2, -0.15) is 8.78 Å². The Morgan fingerprint density at radius 2 is 1.71 bits per heavy atom. The topological polar surface area (TPSA) is 20.2 Å². The molecule has 0 saturated heterocycles. The molecule has 1 N–H and O–H groups in total. The zero-order valence-corrected chi connectivity index (χ0v) is 10.5. The molecule has 0 amide bonds. The highest BCUT2D eigenvalue weighted by molar-refractivity contribution is 7.12. The lowest BCUT2D eigenvalue weighted by molar-refractivity contribution is -0.192. The number of hydrogen-bond acceptors (Lipinski definition) is 2. The van der Waals surface area contributed by atoms with E-state index in [1.54, 1.807) is 6.07 Å². The number of rotatable bonds is 3. The summed E-state index contributed by atoms with van der Waals surface area (Å²) in [5.74, 6) is -4.42. The molecule has 98 valence electrons. The average Bonchev–Trinajstić information content (AvgIpc) is 2.63. The Hall–Kier alpha value is -0.620. The van der Waals surface area contributed by atoms with E-state index in [0.717, 1.165) is 16.2 Å². The minimum absolute atomic E-state index is 0.139. The molecule has 0 aliphatic rings. The number of aliphatic hydroxyl groups is 1. The highest BCUT2D eigenvalue weighted by Crippen LogP contribution is 2.41. The van der Waals surface area contributed by atoms with E-state index < -0.39 is 18.5 Å². The van der Waals surface area contributed by atoms with E-state index in [-0.39, 0.29) is 10.3 Å². The highest BCUT2D eigenvalue weighted by atomic mass is 32.1. The first-order valence-electron chi connectivity index (χ1n) is 5.01. The van der Waals surface area contributed by atoms with Crippen molar-refractivity contribution in [3.63, 3.8) is 0 Å². The van der Waals surface area contributed by atoms with Crippen molar-refractivity contribution >= 4 is 11.3 Å². The molecule has 0 aromatic carbocycles. The number of hydrogen-bond donors (Lipinski definition) is 1. The Morgan fingerprint density at radius 3 is 2.06 bits per heavy atom. The Balaban J connectivity index is 2.99. The summed E-state index contributed by atoms with van der Waals surface area (Å²) in [6, 6.07) is 2.84. The minimum Gasteiger partial charge on any atom is -0.381 e. The molecule has 1 unspecified atom stereocenters. The van der Waals surface area contributed by atoms with E-state index >= 15 is 0 Å². The Kier molecular flexibility index (Phi) is 3.88. The minimum atomic E-state index is -4.42. The van der Waals surface area contributed by atoms with Gasteiger partial charge in [-0.05, 0) is 17.5 Å². The summed E-state index contributed by atoms with van der Waals surface area (Å²) in [5, 5.41) is 9.28. The fourth-order valence-electron chi connectivity index (χ4n) is 1.21. The van der Waals surface area contributed by atoms with Crippen LogP contribution in [0.25, 0.3) is 0 Å². The maximum absolute atomic E-state index is 12.9. The first-order valence-corrected chi connectivity index (χ1v) is 5.82. The van der Waals surface area contributed by atoms with Crippen molar-refractivity contribution in [2.24, 2.45) is 0 Å². The largest absolute Gasteiger partial charge is 0.381 e. The van der Waals surface area contributed by atoms with Crippen LogP contribution in [0.3, 0.4) is 0 Å². The second-order valence-corrected chi connectivity index (χ2v) is 5.95. The zero-order chi connectivity index (χ0) is 13.4. The van der Waals surface area contributed by atoms with Crippen molar-refractivity contribution < 1.29 is 22.7 Å². The van der Waals surface area contributed by atoms with Crippen LogP contribution in [-0.4, -0.2) is 17.5 Å². The van der Waals surface area contributed by atoms with Gasteiger partial charge in [-0.1, -0.05) is 20.8 Å². The normalized spacial score (nSPS) is 15.4. The molecule has 17 heavy (non-hydrogen) atoms. The lowest BCUT2D eigenvalue weighted by Crippen LogP contribution is -2.33. The highest BCUT2D eigenvalue weighted by Gasteiger charge is 2.49. The van der Waals surface area contributed by atoms with Crippen LogP contribution < -0.4 is 0 Å². The summed E-state index contributed by atoms with van der Waals surface area (Å²) in [4.78, 5) is 0.622. The fourth-order valence-corrected chi connectivity index (χ4v) is 2.31. The first-order chi connectivity index (χ1) is 7.56. The molecule has 1 heterocycles. The third kappa shape index (κ3) is 2.98. The third-order valence-corrected chi connectivity index (χ3v) is 3.85. The van der Waals surface area contributed by atoms with Gasteiger partial charge in [0.25, 0.3) is 0 Å². The molecule has 0 bridgehead atoms. The van der Waals surface area contributed by atoms with E-state index in [4.69, 9.17) is 0 Å². The molecule has 0 aliphatic heterocycles. The molecule has 1 rings (SSSR count). The second-order valence-electron chi connectivity index (χ2n) is 4.83. The van der Waals surface area contributed by atoms with E-state index in [0.29, 0.717) is 0 Å². The van der Waals surface area contributed by atoms with E-state index in [9.17, 15) is 22.7 Å². The summed E-state index contributed by atoms with van der Waals surface area (Å²) in [6.07, 6.45) is -6.33. The van der Waals surface area contributed by atoms with Crippen LogP contribution in [0.1, 0.15) is 36.6 Å². The quantitative estimate of drug-likeness (QED) is 0.824. The Bertz CT molecular complexity index is 381. The summed E-state index contributed by atoms with van der Waals surface area (Å²) in [5.41, 5.74) is -0.261. The van der Waals surface area contributed by atoms with Crippen molar-refractivity contribution in [3.05, 3.63) is 21.9 Å². The zero-order valence-electron chi connectivity index (χ0n) is 9.68. The number of halogens is 4. The number of aliphatic hydroxyl groups excluding tert-OH is 1. The van der Waals surface area contributed by atoms with Crippen LogP contribution in [0.4, 0.5) is 17.6 Å². The van der Waals surface area contributed by atoms with Crippen molar-refractivity contribution in [1.82, 2.24) is 0 Å². The van der Waals surface area contributed by atoms with Gasteiger partial charge < -0.3 is 5.11 Å². The monoisotopic (exact) mass is 270 g/mol. The van der Waals surface area contributed by atoms with Crippen molar-refractivity contribution in [2.45, 2.75) is 44.6 Å². The molecule has 0 fully saturated rings. The number of alkyl halides is 4. The molecule has 0 spiro atoms. The van der Waals surface area contributed by atoms with Crippen LogP contribution in [0.5, 0.6) is 0 Å². The Morgan fingerprint density at radius 1 is 1.18 bits per heavy atom. The van der Waals surface area contributed by atoms with Gasteiger partial charge in [-0.15, -0.1) is 11.3 Å². The standard InChI is InChI=1S/C11H14F4OS/c1-10(2,3)7-5-4-6(17-7)8(16)11(14,15)9(12)13/h4-5,8-9,16H,1-3H3. The Labute approximate surface area is 101 Å². The molecule has 1 atom stereocenters. The summed E-state index contributed by atoms with van der Waals surface area (Å²) >= 11 is 0.929. The molecule has 0 saturated carbocycles. The number of thiophene rings is 1. The van der Waals surface area contributed by atoms with Crippen LogP contribution in [-0.2, 0) is 5.41 Å². The van der Waals surface area contributed by atoms with Gasteiger partial charge in [0.15, 0.2) is 6.10 Å². The smallest absolute Gasteiger partial charge is 0.337 e. The van der Waals surface area contributed by atoms with Crippen LogP contribution >= 0.6 is 11.3 Å². The molecule has 1 aromatic heterocycles.